The average Bonchev–Trinajstić information content (AvgIpc) is 2.40. The molecular weight excluding hydrogens is 230 g/mol. The van der Waals surface area contributed by atoms with E-state index in [-0.39, 0.29) is 5.91 Å². The fraction of sp³-hybridized carbons (Fsp3) is 0.923. The van der Waals surface area contributed by atoms with Crippen LogP contribution < -0.4 is 10.6 Å². The number of carbonyl (C=O) groups excluding carboxylic acids is 1. The summed E-state index contributed by atoms with van der Waals surface area (Å²) in [7, 11) is 0. The molecule has 0 atom stereocenters. The molecule has 1 aliphatic rings. The number of nitrogens with zero attached hydrogens (tertiary/aromatic N) is 1. The zero-order valence-corrected chi connectivity index (χ0v) is 11.7. The van der Waals surface area contributed by atoms with E-state index in [0.29, 0.717) is 12.6 Å². The molecule has 0 radical (unpaired) electrons. The van der Waals surface area contributed by atoms with Crippen LogP contribution in [0.4, 0.5) is 0 Å². The van der Waals surface area contributed by atoms with Crippen molar-refractivity contribution in [3.8, 4) is 0 Å². The van der Waals surface area contributed by atoms with Gasteiger partial charge in [-0.05, 0) is 25.9 Å². The van der Waals surface area contributed by atoms with E-state index < -0.39 is 0 Å². The van der Waals surface area contributed by atoms with Gasteiger partial charge in [0, 0.05) is 32.3 Å². The van der Waals surface area contributed by atoms with Crippen LogP contribution >= 0.6 is 0 Å². The van der Waals surface area contributed by atoms with Crippen molar-refractivity contribution in [3.05, 3.63) is 0 Å². The molecule has 0 aromatic rings. The van der Waals surface area contributed by atoms with Gasteiger partial charge in [-0.3, -0.25) is 4.79 Å². The number of likely N-dealkylation sites (N-methyl/N-ethyl adjacent to an activating group) is 1. The first-order chi connectivity index (χ1) is 8.76. The first-order valence-corrected chi connectivity index (χ1v) is 7.06. The third-order valence-electron chi connectivity index (χ3n) is 3.37. The number of carbonyl (C=O) groups is 1. The SMILES string of the molecule is CCN(CC)CCNCC(=O)NC1CCOCC1. The molecular formula is C13H27N3O2. The van der Waals surface area contributed by atoms with E-state index in [1.54, 1.807) is 0 Å². The van der Waals surface area contributed by atoms with Crippen LogP contribution in [0.25, 0.3) is 0 Å². The highest BCUT2D eigenvalue weighted by atomic mass is 16.5. The average molecular weight is 257 g/mol. The van der Waals surface area contributed by atoms with Gasteiger partial charge in [-0.15, -0.1) is 0 Å². The van der Waals surface area contributed by atoms with Gasteiger partial charge in [0.15, 0.2) is 0 Å². The van der Waals surface area contributed by atoms with Crippen LogP contribution in [-0.2, 0) is 9.53 Å². The van der Waals surface area contributed by atoms with Crippen molar-refractivity contribution in [2.75, 3.05) is 45.9 Å². The Morgan fingerprint density at radius 1 is 1.28 bits per heavy atom. The first-order valence-electron chi connectivity index (χ1n) is 7.06. The van der Waals surface area contributed by atoms with Crippen LogP contribution in [0.15, 0.2) is 0 Å². The standard InChI is InChI=1S/C13H27N3O2/c1-3-16(4-2)8-7-14-11-13(17)15-12-5-9-18-10-6-12/h12,14H,3-11H2,1-2H3,(H,15,17). The molecule has 1 saturated heterocycles. The van der Waals surface area contributed by atoms with Gasteiger partial charge in [0.05, 0.1) is 6.54 Å². The summed E-state index contributed by atoms with van der Waals surface area (Å²) in [6, 6.07) is 0.302. The largest absolute Gasteiger partial charge is 0.381 e. The minimum Gasteiger partial charge on any atom is -0.381 e. The van der Waals surface area contributed by atoms with Crippen molar-refractivity contribution in [1.82, 2.24) is 15.5 Å². The van der Waals surface area contributed by atoms with Crippen LogP contribution in [0.5, 0.6) is 0 Å². The van der Waals surface area contributed by atoms with Crippen LogP contribution in [0, 0.1) is 0 Å². The molecule has 5 nitrogen and oxygen atoms in total. The summed E-state index contributed by atoms with van der Waals surface area (Å²) in [4.78, 5) is 14.0. The maximum absolute atomic E-state index is 11.7. The second kappa shape index (κ2) is 9.30. The molecule has 0 aromatic carbocycles. The van der Waals surface area contributed by atoms with Crippen LogP contribution in [0.1, 0.15) is 26.7 Å². The van der Waals surface area contributed by atoms with Crippen LogP contribution in [0.2, 0.25) is 0 Å². The molecule has 0 unspecified atom stereocenters. The van der Waals surface area contributed by atoms with Gasteiger partial charge in [-0.25, -0.2) is 0 Å². The van der Waals surface area contributed by atoms with Gasteiger partial charge in [-0.2, -0.15) is 0 Å². The number of ether oxygens (including phenoxy) is 1. The Kier molecular flexibility index (Phi) is 7.96. The molecule has 1 amide bonds. The van der Waals surface area contributed by atoms with E-state index in [1.807, 2.05) is 0 Å². The van der Waals surface area contributed by atoms with E-state index in [1.165, 1.54) is 0 Å². The highest BCUT2D eigenvalue weighted by molar-refractivity contribution is 5.78. The molecule has 0 saturated carbocycles. The lowest BCUT2D eigenvalue weighted by Crippen LogP contribution is -2.44. The van der Waals surface area contributed by atoms with Crippen molar-refractivity contribution in [1.29, 1.82) is 0 Å². The summed E-state index contributed by atoms with van der Waals surface area (Å²) in [5.74, 6) is 0.0986. The minimum atomic E-state index is 0.0986. The fourth-order valence-electron chi connectivity index (χ4n) is 2.10. The quantitative estimate of drug-likeness (QED) is 0.611. The summed E-state index contributed by atoms with van der Waals surface area (Å²) in [5.41, 5.74) is 0. The van der Waals surface area contributed by atoms with E-state index in [9.17, 15) is 4.79 Å². The van der Waals surface area contributed by atoms with Gasteiger partial charge in [0.2, 0.25) is 5.91 Å². The monoisotopic (exact) mass is 257 g/mol. The van der Waals surface area contributed by atoms with Gasteiger partial charge >= 0.3 is 0 Å². The van der Waals surface area contributed by atoms with Crippen LogP contribution in [-0.4, -0.2) is 62.8 Å². The Balaban J connectivity index is 2.02. The molecule has 1 fully saturated rings. The summed E-state index contributed by atoms with van der Waals surface area (Å²) in [6.45, 7) is 10.2. The summed E-state index contributed by atoms with van der Waals surface area (Å²) in [5, 5.41) is 6.23. The van der Waals surface area contributed by atoms with Gasteiger partial charge in [0.25, 0.3) is 0 Å². The number of amides is 1. The second-order valence-electron chi connectivity index (χ2n) is 4.66. The molecule has 5 heteroatoms. The summed E-state index contributed by atoms with van der Waals surface area (Å²) in [6.07, 6.45) is 1.87. The lowest BCUT2D eigenvalue weighted by atomic mass is 10.1. The molecule has 0 spiro atoms. The summed E-state index contributed by atoms with van der Waals surface area (Å²) < 4.78 is 5.26. The zero-order valence-electron chi connectivity index (χ0n) is 11.7. The highest BCUT2D eigenvalue weighted by Gasteiger charge is 2.15. The predicted molar refractivity (Wildman–Crippen MR) is 72.6 cm³/mol. The predicted octanol–water partition coefficient (Wildman–Crippen LogP) is 0.213. The van der Waals surface area contributed by atoms with Gasteiger partial charge in [0.1, 0.15) is 0 Å². The van der Waals surface area contributed by atoms with Crippen molar-refractivity contribution in [2.45, 2.75) is 32.7 Å². The topological polar surface area (TPSA) is 53.6 Å². The number of rotatable bonds is 8. The molecule has 0 bridgehead atoms. The summed E-state index contributed by atoms with van der Waals surface area (Å²) >= 11 is 0. The zero-order chi connectivity index (χ0) is 13.2. The normalized spacial score (nSPS) is 17.1. The molecule has 1 heterocycles. The lowest BCUT2D eigenvalue weighted by Gasteiger charge is -2.23. The van der Waals surface area contributed by atoms with E-state index in [2.05, 4.69) is 29.4 Å². The van der Waals surface area contributed by atoms with E-state index in [0.717, 1.165) is 52.2 Å². The Morgan fingerprint density at radius 3 is 2.56 bits per heavy atom. The fourth-order valence-corrected chi connectivity index (χ4v) is 2.10. The minimum absolute atomic E-state index is 0.0986. The molecule has 1 aliphatic heterocycles. The van der Waals surface area contributed by atoms with Crippen molar-refractivity contribution in [3.63, 3.8) is 0 Å². The third-order valence-corrected chi connectivity index (χ3v) is 3.37. The van der Waals surface area contributed by atoms with E-state index >= 15 is 0 Å². The maximum Gasteiger partial charge on any atom is 0.234 e. The second-order valence-corrected chi connectivity index (χ2v) is 4.66. The van der Waals surface area contributed by atoms with Gasteiger partial charge < -0.3 is 20.3 Å². The number of hydrogen-bond acceptors (Lipinski definition) is 4. The van der Waals surface area contributed by atoms with Crippen molar-refractivity contribution < 1.29 is 9.53 Å². The molecule has 106 valence electrons. The first kappa shape index (κ1) is 15.4. The van der Waals surface area contributed by atoms with Crippen LogP contribution in [0.3, 0.4) is 0 Å². The Morgan fingerprint density at radius 2 is 1.94 bits per heavy atom. The van der Waals surface area contributed by atoms with Crippen molar-refractivity contribution in [2.24, 2.45) is 0 Å². The third kappa shape index (κ3) is 6.33. The Hall–Kier alpha value is -0.650. The lowest BCUT2D eigenvalue weighted by molar-refractivity contribution is -0.121. The molecule has 0 aliphatic carbocycles. The van der Waals surface area contributed by atoms with E-state index in [4.69, 9.17) is 4.74 Å². The Bertz CT molecular complexity index is 226. The van der Waals surface area contributed by atoms with Gasteiger partial charge in [-0.1, -0.05) is 13.8 Å². The Labute approximate surface area is 110 Å². The highest BCUT2D eigenvalue weighted by Crippen LogP contribution is 2.05. The number of hydrogen-bond donors (Lipinski definition) is 2. The maximum atomic E-state index is 11.7. The smallest absolute Gasteiger partial charge is 0.234 e. The molecule has 1 rings (SSSR count). The van der Waals surface area contributed by atoms with Crippen molar-refractivity contribution >= 4 is 5.91 Å². The molecule has 2 N–H and O–H groups in total. The number of nitrogens with one attached hydrogen (secondary N) is 2. The molecule has 18 heavy (non-hydrogen) atoms. The molecule has 0 aromatic heterocycles.